The first kappa shape index (κ1) is 58.5. The highest BCUT2D eigenvalue weighted by atomic mass is 16.7. The summed E-state index contributed by atoms with van der Waals surface area (Å²) < 4.78 is 28.2. The molecule has 1 aliphatic heterocycles. The molecule has 1 heterocycles. The summed E-state index contributed by atoms with van der Waals surface area (Å²) in [5.41, 5.74) is 0. The number of hydrogen-bond acceptors (Lipinski definition) is 11. The van der Waals surface area contributed by atoms with Crippen LogP contribution in [0.5, 0.6) is 0 Å². The average molecular weight is 897 g/mol. The molecule has 0 amide bonds. The van der Waals surface area contributed by atoms with Gasteiger partial charge in [0.05, 0.1) is 6.61 Å². The number of aliphatic carboxylic acids is 1. The van der Waals surface area contributed by atoms with Crippen molar-refractivity contribution >= 4 is 23.9 Å². The smallest absolute Gasteiger partial charge is 0.335 e. The van der Waals surface area contributed by atoms with Crippen LogP contribution >= 0.6 is 0 Å². The summed E-state index contributed by atoms with van der Waals surface area (Å²) >= 11 is 0. The van der Waals surface area contributed by atoms with Gasteiger partial charge in [-0.2, -0.15) is 0 Å². The second-order valence-corrected chi connectivity index (χ2v) is 17.8. The van der Waals surface area contributed by atoms with E-state index in [2.05, 4.69) is 32.9 Å². The molecular weight excluding hydrogens is 805 g/mol. The molecule has 1 aliphatic rings. The lowest BCUT2D eigenvalue weighted by Crippen LogP contribution is -2.61. The molecule has 12 heteroatoms. The molecule has 0 spiro atoms. The van der Waals surface area contributed by atoms with Crippen LogP contribution < -0.4 is 0 Å². The van der Waals surface area contributed by atoms with Gasteiger partial charge in [0, 0.05) is 19.3 Å². The highest BCUT2D eigenvalue weighted by Gasteiger charge is 2.50. The van der Waals surface area contributed by atoms with Crippen LogP contribution in [0.3, 0.4) is 0 Å². The number of esters is 3. The molecule has 1 rings (SSSR count). The van der Waals surface area contributed by atoms with E-state index in [4.69, 9.17) is 23.7 Å². The van der Waals surface area contributed by atoms with Crippen LogP contribution in [-0.2, 0) is 42.9 Å². The fourth-order valence-electron chi connectivity index (χ4n) is 7.82. The maximum atomic E-state index is 13.0. The highest BCUT2D eigenvalue weighted by molar-refractivity contribution is 5.74. The molecule has 6 unspecified atom stereocenters. The molecule has 3 N–H and O–H groups in total. The predicted molar refractivity (Wildman–Crippen MR) is 248 cm³/mol. The van der Waals surface area contributed by atoms with Gasteiger partial charge < -0.3 is 39.0 Å². The number of carboxylic acid groups (broad SMARTS) is 1. The summed E-state index contributed by atoms with van der Waals surface area (Å²) in [5, 5.41) is 31.2. The van der Waals surface area contributed by atoms with E-state index in [0.717, 1.165) is 83.5 Å². The first-order valence-corrected chi connectivity index (χ1v) is 25.7. The number of aliphatic hydroxyl groups excluding tert-OH is 2. The summed E-state index contributed by atoms with van der Waals surface area (Å²) in [6, 6.07) is 0. The van der Waals surface area contributed by atoms with Crippen LogP contribution in [0.15, 0.2) is 12.2 Å². The number of carbonyl (C=O) groups is 4. The number of allylic oxidation sites excluding steroid dienone is 2. The van der Waals surface area contributed by atoms with Crippen molar-refractivity contribution in [1.29, 1.82) is 0 Å². The minimum Gasteiger partial charge on any atom is -0.479 e. The Morgan fingerprint density at radius 1 is 0.508 bits per heavy atom. The Morgan fingerprint density at radius 3 is 1.40 bits per heavy atom. The summed E-state index contributed by atoms with van der Waals surface area (Å²) in [6.45, 7) is 5.90. The Morgan fingerprint density at radius 2 is 0.921 bits per heavy atom. The molecule has 0 aliphatic carbocycles. The van der Waals surface area contributed by atoms with Gasteiger partial charge in [-0.05, 0) is 38.5 Å². The van der Waals surface area contributed by atoms with Crippen LogP contribution in [0.4, 0.5) is 0 Å². The van der Waals surface area contributed by atoms with Crippen molar-refractivity contribution in [3.05, 3.63) is 12.2 Å². The first-order valence-electron chi connectivity index (χ1n) is 25.7. The number of carbonyl (C=O) groups excluding carboxylic acids is 3. The minimum absolute atomic E-state index is 0.0652. The Balaban J connectivity index is 2.73. The zero-order chi connectivity index (χ0) is 46.2. The highest BCUT2D eigenvalue weighted by Crippen LogP contribution is 2.26. The second-order valence-electron chi connectivity index (χ2n) is 17.8. The van der Waals surface area contributed by atoms with E-state index < -0.39 is 67.3 Å². The third-order valence-electron chi connectivity index (χ3n) is 11.8. The van der Waals surface area contributed by atoms with Crippen molar-refractivity contribution in [3.63, 3.8) is 0 Å². The van der Waals surface area contributed by atoms with E-state index in [1.54, 1.807) is 0 Å². The molecule has 63 heavy (non-hydrogen) atoms. The van der Waals surface area contributed by atoms with Crippen molar-refractivity contribution < 1.29 is 58.2 Å². The van der Waals surface area contributed by atoms with Gasteiger partial charge in [0.2, 0.25) is 0 Å². The van der Waals surface area contributed by atoms with Crippen LogP contribution in [0, 0.1) is 0 Å². The SMILES string of the molecule is CCCC/C=C\CCCCCCCC(=O)OC(COC(=O)CCCCCCCCCCCCCCC)COC1OC(C(=O)O)C(O)C(O)C1OC(=O)CCCCCCCCCCC. The van der Waals surface area contributed by atoms with E-state index >= 15 is 0 Å². The quantitative estimate of drug-likeness (QED) is 0.0229. The summed E-state index contributed by atoms with van der Waals surface area (Å²) in [4.78, 5) is 50.6. The largest absolute Gasteiger partial charge is 0.479 e. The molecule has 0 bridgehead atoms. The maximum absolute atomic E-state index is 13.0. The average Bonchev–Trinajstić information content (AvgIpc) is 3.26. The molecule has 1 saturated heterocycles. The number of aliphatic hydroxyl groups is 2. The Bertz CT molecular complexity index is 1160. The molecule has 0 radical (unpaired) electrons. The number of unbranched alkanes of at least 4 members (excludes halogenated alkanes) is 27. The predicted octanol–water partition coefficient (Wildman–Crippen LogP) is 11.8. The fraction of sp³-hybridized carbons (Fsp3) is 0.882. The van der Waals surface area contributed by atoms with E-state index in [1.165, 1.54) is 96.3 Å². The maximum Gasteiger partial charge on any atom is 0.335 e. The van der Waals surface area contributed by atoms with Gasteiger partial charge in [-0.15, -0.1) is 0 Å². The number of ether oxygens (including phenoxy) is 5. The van der Waals surface area contributed by atoms with E-state index in [1.807, 2.05) is 0 Å². The fourth-order valence-corrected chi connectivity index (χ4v) is 7.82. The third-order valence-corrected chi connectivity index (χ3v) is 11.8. The van der Waals surface area contributed by atoms with E-state index in [9.17, 15) is 34.5 Å². The Labute approximate surface area is 382 Å². The molecule has 12 nitrogen and oxygen atoms in total. The van der Waals surface area contributed by atoms with Crippen molar-refractivity contribution in [1.82, 2.24) is 0 Å². The molecule has 0 aromatic rings. The molecule has 6 atom stereocenters. The normalized spacial score (nSPS) is 19.3. The minimum atomic E-state index is -1.89. The Kier molecular flexibility index (Phi) is 38.0. The molecule has 0 saturated carbocycles. The van der Waals surface area contributed by atoms with Crippen LogP contribution in [0.25, 0.3) is 0 Å². The lowest BCUT2D eigenvalue weighted by atomic mass is 9.98. The van der Waals surface area contributed by atoms with Gasteiger partial charge in [0.1, 0.15) is 18.8 Å². The monoisotopic (exact) mass is 897 g/mol. The van der Waals surface area contributed by atoms with Gasteiger partial charge in [-0.1, -0.05) is 193 Å². The molecular formula is C51H92O12. The number of carboxylic acids is 1. The summed E-state index contributed by atoms with van der Waals surface area (Å²) in [6.07, 6.45) is 29.3. The van der Waals surface area contributed by atoms with Gasteiger partial charge in [-0.25, -0.2) is 4.79 Å². The van der Waals surface area contributed by atoms with Crippen molar-refractivity contribution in [2.45, 2.75) is 276 Å². The lowest BCUT2D eigenvalue weighted by molar-refractivity contribution is -0.301. The van der Waals surface area contributed by atoms with Crippen molar-refractivity contribution in [3.8, 4) is 0 Å². The molecule has 0 aromatic carbocycles. The topological polar surface area (TPSA) is 175 Å². The van der Waals surface area contributed by atoms with Crippen LogP contribution in [0.2, 0.25) is 0 Å². The summed E-state index contributed by atoms with van der Waals surface area (Å²) in [5.74, 6) is -3.11. The number of hydrogen-bond donors (Lipinski definition) is 3. The molecule has 368 valence electrons. The van der Waals surface area contributed by atoms with Gasteiger partial charge in [-0.3, -0.25) is 14.4 Å². The summed E-state index contributed by atoms with van der Waals surface area (Å²) in [7, 11) is 0. The van der Waals surface area contributed by atoms with Crippen molar-refractivity contribution in [2.24, 2.45) is 0 Å². The zero-order valence-electron chi connectivity index (χ0n) is 40.1. The van der Waals surface area contributed by atoms with Gasteiger partial charge >= 0.3 is 23.9 Å². The Hall–Kier alpha value is -2.54. The number of rotatable bonds is 43. The second kappa shape index (κ2) is 40.9. The van der Waals surface area contributed by atoms with Crippen molar-refractivity contribution in [2.75, 3.05) is 13.2 Å². The van der Waals surface area contributed by atoms with Gasteiger partial charge in [0.15, 0.2) is 24.6 Å². The zero-order valence-corrected chi connectivity index (χ0v) is 40.1. The van der Waals surface area contributed by atoms with E-state index in [0.29, 0.717) is 19.3 Å². The van der Waals surface area contributed by atoms with Crippen LogP contribution in [-0.4, -0.2) is 89.2 Å². The first-order chi connectivity index (χ1) is 30.6. The van der Waals surface area contributed by atoms with Crippen LogP contribution in [0.1, 0.15) is 239 Å². The van der Waals surface area contributed by atoms with Gasteiger partial charge in [0.25, 0.3) is 0 Å². The molecule has 1 fully saturated rings. The molecule has 0 aromatic heterocycles. The standard InChI is InChI=1S/C51H92O12/c1-4-7-10-13-16-19-21-22-24-26-28-31-34-37-43(52)59-40-42(61-44(53)38-35-32-30-27-23-20-17-14-11-8-5-2)41-60-51-49(47(56)46(55)48(63-51)50(57)58)62-45(54)39-36-33-29-25-18-15-12-9-6-3/h14,17,42,46-49,51,55-56H,4-13,15-16,18-41H2,1-3H3,(H,57,58)/b17-14-. The third kappa shape index (κ3) is 31.9. The van der Waals surface area contributed by atoms with E-state index in [-0.39, 0.29) is 25.9 Å². The lowest BCUT2D eigenvalue weighted by Gasteiger charge is -2.40.